The molecule has 42 heavy (non-hydrogen) atoms. The smallest absolute Gasteiger partial charge is 0.465 e. The van der Waals surface area contributed by atoms with E-state index in [0.29, 0.717) is 58.5 Å². The van der Waals surface area contributed by atoms with Gasteiger partial charge in [-0.1, -0.05) is 45.8 Å². The lowest BCUT2D eigenvalue weighted by Crippen LogP contribution is -2.51. The molecular weight excluding hydrogens is 616 g/mol. The maximum Gasteiger partial charge on any atom is 0.573 e. The van der Waals surface area contributed by atoms with Gasteiger partial charge in [-0.05, 0) is 44.0 Å². The predicted molar refractivity (Wildman–Crippen MR) is 154 cm³/mol. The van der Waals surface area contributed by atoms with E-state index in [0.717, 1.165) is 48.7 Å². The highest BCUT2D eigenvalue weighted by Crippen LogP contribution is 2.46. The van der Waals surface area contributed by atoms with Crippen molar-refractivity contribution in [3.8, 4) is 17.0 Å². The molecule has 2 fully saturated rings. The second-order valence-electron chi connectivity index (χ2n) is 10.4. The zero-order valence-corrected chi connectivity index (χ0v) is 24.8. The standard InChI is InChI=1S/C28H25Cl2F3N4O4S/c1-14-12-36(13-17-23(35-41-24(17)15-6-7-15)22-18(29)4-3-5-19(22)30)8-9-37(14)27-34-20-10-16(26(38)39-2)11-21(25(20)42-27)40-28(31,32)33/h3-5,10-11,14-15H,6-9,12-13H2,1-2H3/t14-/m1/s1. The van der Waals surface area contributed by atoms with Gasteiger partial charge in [0.15, 0.2) is 5.13 Å². The van der Waals surface area contributed by atoms with Crippen molar-refractivity contribution in [2.24, 2.45) is 0 Å². The molecule has 8 nitrogen and oxygen atoms in total. The van der Waals surface area contributed by atoms with E-state index in [2.05, 4.69) is 24.7 Å². The summed E-state index contributed by atoms with van der Waals surface area (Å²) >= 11 is 14.1. The van der Waals surface area contributed by atoms with Crippen molar-refractivity contribution in [1.29, 1.82) is 0 Å². The molecule has 14 heteroatoms. The number of piperazine rings is 1. The third kappa shape index (κ3) is 5.77. The van der Waals surface area contributed by atoms with Gasteiger partial charge in [-0.2, -0.15) is 0 Å². The number of carbonyl (C=O) groups is 1. The average molecular weight is 641 g/mol. The number of hydrogen-bond donors (Lipinski definition) is 0. The number of fused-ring (bicyclic) bond motifs is 1. The Morgan fingerprint density at radius 2 is 1.93 bits per heavy atom. The van der Waals surface area contributed by atoms with Gasteiger partial charge in [0.1, 0.15) is 17.2 Å². The minimum absolute atomic E-state index is 0.0250. The highest BCUT2D eigenvalue weighted by Gasteiger charge is 2.36. The summed E-state index contributed by atoms with van der Waals surface area (Å²) in [5.41, 5.74) is 2.42. The second kappa shape index (κ2) is 11.2. The van der Waals surface area contributed by atoms with Gasteiger partial charge in [-0.15, -0.1) is 13.2 Å². The molecule has 2 aromatic heterocycles. The number of halogens is 5. The van der Waals surface area contributed by atoms with Crippen LogP contribution in [0.15, 0.2) is 34.9 Å². The predicted octanol–water partition coefficient (Wildman–Crippen LogP) is 7.53. The van der Waals surface area contributed by atoms with Gasteiger partial charge in [0.25, 0.3) is 0 Å². The summed E-state index contributed by atoms with van der Waals surface area (Å²) in [6.07, 6.45) is -2.85. The molecule has 0 bridgehead atoms. The number of esters is 1. The number of aromatic nitrogens is 2. The van der Waals surface area contributed by atoms with Crippen LogP contribution in [0.25, 0.3) is 21.5 Å². The first-order valence-corrected chi connectivity index (χ1v) is 14.8. The van der Waals surface area contributed by atoms with Crippen molar-refractivity contribution in [2.75, 3.05) is 31.6 Å². The quantitative estimate of drug-likeness (QED) is 0.192. The van der Waals surface area contributed by atoms with Gasteiger partial charge >= 0.3 is 12.3 Å². The largest absolute Gasteiger partial charge is 0.573 e. The molecule has 1 saturated heterocycles. The van der Waals surface area contributed by atoms with Crippen LogP contribution in [0.4, 0.5) is 18.3 Å². The Balaban J connectivity index is 1.26. The number of rotatable bonds is 7. The molecule has 1 atom stereocenters. The number of nitrogens with zero attached hydrogens (tertiary/aromatic N) is 4. The number of alkyl halides is 3. The van der Waals surface area contributed by atoms with E-state index in [1.807, 2.05) is 6.92 Å². The van der Waals surface area contributed by atoms with Crippen LogP contribution in [-0.4, -0.2) is 60.2 Å². The Morgan fingerprint density at radius 1 is 1.19 bits per heavy atom. The third-order valence-corrected chi connectivity index (χ3v) is 9.15. The lowest BCUT2D eigenvalue weighted by molar-refractivity contribution is -0.274. The van der Waals surface area contributed by atoms with Gasteiger partial charge in [0.2, 0.25) is 0 Å². The summed E-state index contributed by atoms with van der Waals surface area (Å²) in [5.74, 6) is -0.0775. The molecule has 222 valence electrons. The minimum atomic E-state index is -4.93. The molecule has 2 aliphatic rings. The first-order valence-electron chi connectivity index (χ1n) is 13.2. The molecule has 2 aromatic carbocycles. The number of thiazole rings is 1. The summed E-state index contributed by atoms with van der Waals surface area (Å²) in [7, 11) is 1.16. The topological polar surface area (TPSA) is 80.9 Å². The minimum Gasteiger partial charge on any atom is -0.465 e. The van der Waals surface area contributed by atoms with E-state index >= 15 is 0 Å². The van der Waals surface area contributed by atoms with Crippen LogP contribution in [0.2, 0.25) is 10.0 Å². The number of carbonyl (C=O) groups excluding carboxylic acids is 1. The summed E-state index contributed by atoms with van der Waals surface area (Å²) < 4.78 is 54.5. The Labute approximate surface area is 252 Å². The van der Waals surface area contributed by atoms with Crippen molar-refractivity contribution < 1.29 is 32.0 Å². The SMILES string of the molecule is COC(=O)c1cc(OC(F)(F)F)c2sc(N3CCN(Cc4c(-c5c(Cl)cccc5Cl)noc4C4CC4)C[C@H]3C)nc2c1. The van der Waals surface area contributed by atoms with Crippen molar-refractivity contribution in [3.63, 3.8) is 0 Å². The fourth-order valence-electron chi connectivity index (χ4n) is 5.30. The average Bonchev–Trinajstić information content (AvgIpc) is 3.55. The van der Waals surface area contributed by atoms with Crippen molar-refractivity contribution in [3.05, 3.63) is 57.3 Å². The molecule has 3 heterocycles. The van der Waals surface area contributed by atoms with Crippen LogP contribution in [0, 0.1) is 0 Å². The molecule has 0 unspecified atom stereocenters. The van der Waals surface area contributed by atoms with Gasteiger partial charge in [0.05, 0.1) is 32.9 Å². The number of methoxy groups -OCH3 is 1. The zero-order valence-electron chi connectivity index (χ0n) is 22.5. The van der Waals surface area contributed by atoms with E-state index in [1.165, 1.54) is 6.07 Å². The first kappa shape index (κ1) is 29.0. The Morgan fingerprint density at radius 3 is 2.57 bits per heavy atom. The summed E-state index contributed by atoms with van der Waals surface area (Å²) in [4.78, 5) is 21.0. The zero-order chi connectivity index (χ0) is 29.8. The first-order chi connectivity index (χ1) is 20.0. The Hall–Kier alpha value is -3.06. The van der Waals surface area contributed by atoms with Crippen molar-refractivity contribution in [2.45, 2.75) is 44.6 Å². The Kier molecular flexibility index (Phi) is 7.75. The lowest BCUT2D eigenvalue weighted by Gasteiger charge is -2.39. The highest BCUT2D eigenvalue weighted by atomic mass is 35.5. The van der Waals surface area contributed by atoms with E-state index < -0.39 is 18.1 Å². The monoisotopic (exact) mass is 640 g/mol. The van der Waals surface area contributed by atoms with Gasteiger partial charge < -0.3 is 18.9 Å². The maximum atomic E-state index is 13.2. The van der Waals surface area contributed by atoms with Crippen LogP contribution in [0.3, 0.4) is 0 Å². The fraction of sp³-hybridized carbons (Fsp3) is 0.393. The summed E-state index contributed by atoms with van der Waals surface area (Å²) in [6, 6.07) is 7.75. The number of hydrogen-bond acceptors (Lipinski definition) is 9. The van der Waals surface area contributed by atoms with Crippen LogP contribution in [0.1, 0.15) is 47.4 Å². The van der Waals surface area contributed by atoms with E-state index in [4.69, 9.17) is 32.5 Å². The molecule has 1 aliphatic carbocycles. The van der Waals surface area contributed by atoms with Gasteiger partial charge in [0, 0.05) is 49.3 Å². The molecular formula is C28H25Cl2F3N4O4S. The molecule has 1 aliphatic heterocycles. The second-order valence-corrected chi connectivity index (χ2v) is 12.2. The van der Waals surface area contributed by atoms with E-state index in [-0.39, 0.29) is 21.8 Å². The number of ether oxygens (including phenoxy) is 2. The molecule has 0 radical (unpaired) electrons. The summed E-state index contributed by atoms with van der Waals surface area (Å²) in [6.45, 7) is 4.50. The molecule has 0 spiro atoms. The van der Waals surface area contributed by atoms with Crippen LogP contribution in [0.5, 0.6) is 5.75 Å². The van der Waals surface area contributed by atoms with Crippen molar-refractivity contribution >= 4 is 55.9 Å². The maximum absolute atomic E-state index is 13.2. The number of benzene rings is 2. The van der Waals surface area contributed by atoms with Gasteiger partial charge in [-0.25, -0.2) is 9.78 Å². The molecule has 4 aromatic rings. The molecule has 1 saturated carbocycles. The Bertz CT molecular complexity index is 1640. The van der Waals surface area contributed by atoms with E-state index in [1.54, 1.807) is 18.2 Å². The molecule has 0 amide bonds. The van der Waals surface area contributed by atoms with Crippen LogP contribution in [-0.2, 0) is 11.3 Å². The van der Waals surface area contributed by atoms with Crippen LogP contribution >= 0.6 is 34.5 Å². The number of anilines is 1. The van der Waals surface area contributed by atoms with Gasteiger partial charge in [-0.3, -0.25) is 4.90 Å². The van der Waals surface area contributed by atoms with E-state index in [9.17, 15) is 18.0 Å². The molecule has 0 N–H and O–H groups in total. The van der Waals surface area contributed by atoms with Crippen molar-refractivity contribution in [1.82, 2.24) is 15.0 Å². The highest BCUT2D eigenvalue weighted by molar-refractivity contribution is 7.22. The third-order valence-electron chi connectivity index (χ3n) is 7.40. The lowest BCUT2D eigenvalue weighted by atomic mass is 10.0. The molecule has 6 rings (SSSR count). The normalized spacial score (nSPS) is 18.1. The summed E-state index contributed by atoms with van der Waals surface area (Å²) in [5, 5.41) is 5.92. The van der Waals surface area contributed by atoms with Crippen LogP contribution < -0.4 is 9.64 Å². The fourth-order valence-corrected chi connectivity index (χ4v) is 7.00.